The Bertz CT molecular complexity index is 1390. The van der Waals surface area contributed by atoms with Crippen molar-refractivity contribution in [3.05, 3.63) is 109 Å². The number of allylic oxidation sites excluding steroid dienone is 18. The van der Waals surface area contributed by atoms with E-state index in [1.54, 1.807) is 0 Å². The highest BCUT2D eigenvalue weighted by Gasteiger charge is 2.19. The number of carbonyl (C=O) groups is 3. The Labute approximate surface area is 412 Å². The fourth-order valence-corrected chi connectivity index (χ4v) is 7.19. The van der Waals surface area contributed by atoms with Crippen LogP contribution in [0.5, 0.6) is 0 Å². The number of hydrogen-bond donors (Lipinski definition) is 0. The largest absolute Gasteiger partial charge is 0.462 e. The lowest BCUT2D eigenvalue weighted by molar-refractivity contribution is -0.166. The van der Waals surface area contributed by atoms with Gasteiger partial charge < -0.3 is 14.2 Å². The van der Waals surface area contributed by atoms with E-state index in [1.807, 2.05) is 12.2 Å². The molecule has 0 aromatic heterocycles. The van der Waals surface area contributed by atoms with Gasteiger partial charge in [0.05, 0.1) is 0 Å². The molecule has 0 amide bonds. The Balaban J connectivity index is 4.58. The summed E-state index contributed by atoms with van der Waals surface area (Å²) >= 11 is 0. The molecule has 0 spiro atoms. The Morgan fingerprint density at radius 1 is 0.313 bits per heavy atom. The average Bonchev–Trinajstić information content (AvgIpc) is 3.33. The molecule has 0 saturated heterocycles. The van der Waals surface area contributed by atoms with Crippen LogP contribution in [0.3, 0.4) is 0 Å². The minimum absolute atomic E-state index is 0.121. The molecule has 6 heteroatoms. The number of hydrogen-bond acceptors (Lipinski definition) is 6. The van der Waals surface area contributed by atoms with Crippen LogP contribution in [0.15, 0.2) is 109 Å². The Morgan fingerprint density at radius 2 is 0.627 bits per heavy atom. The second-order valence-electron chi connectivity index (χ2n) is 17.8. The van der Waals surface area contributed by atoms with Crippen molar-refractivity contribution in [2.24, 2.45) is 0 Å². The summed E-state index contributed by atoms with van der Waals surface area (Å²) in [5.41, 5.74) is 0. The minimum atomic E-state index is -0.835. The third kappa shape index (κ3) is 52.9. The van der Waals surface area contributed by atoms with Crippen molar-refractivity contribution >= 4 is 17.9 Å². The summed E-state index contributed by atoms with van der Waals surface area (Å²) in [4.78, 5) is 38.0. The lowest BCUT2D eigenvalue weighted by Crippen LogP contribution is -2.30. The van der Waals surface area contributed by atoms with Crippen molar-refractivity contribution in [3.8, 4) is 0 Å². The molecule has 0 aromatic carbocycles. The van der Waals surface area contributed by atoms with Crippen molar-refractivity contribution in [3.63, 3.8) is 0 Å². The molecular weight excluding hydrogens is 829 g/mol. The van der Waals surface area contributed by atoms with Gasteiger partial charge in [-0.2, -0.15) is 0 Å². The molecule has 6 nitrogen and oxygen atoms in total. The van der Waals surface area contributed by atoms with Gasteiger partial charge in [-0.1, -0.05) is 239 Å². The Kier molecular flexibility index (Phi) is 51.5. The van der Waals surface area contributed by atoms with E-state index in [2.05, 4.69) is 118 Å². The van der Waals surface area contributed by atoms with Crippen LogP contribution in [0, 0.1) is 0 Å². The van der Waals surface area contributed by atoms with Gasteiger partial charge in [0, 0.05) is 19.3 Å². The molecule has 0 aliphatic heterocycles. The maximum Gasteiger partial charge on any atom is 0.306 e. The van der Waals surface area contributed by atoms with E-state index in [9.17, 15) is 14.4 Å². The third-order valence-electron chi connectivity index (χ3n) is 11.3. The van der Waals surface area contributed by atoms with Crippen LogP contribution in [0.1, 0.15) is 239 Å². The molecular formula is C61H100O6. The molecule has 0 radical (unpaired) electrons. The highest BCUT2D eigenvalue weighted by Crippen LogP contribution is 2.14. The molecule has 0 aliphatic carbocycles. The molecule has 0 rings (SSSR count). The Hall–Kier alpha value is -3.93. The summed E-state index contributed by atoms with van der Waals surface area (Å²) < 4.78 is 16.7. The first kappa shape index (κ1) is 63.1. The average molecular weight is 929 g/mol. The maximum atomic E-state index is 12.8. The summed E-state index contributed by atoms with van der Waals surface area (Å²) in [6.45, 7) is 6.41. The summed E-state index contributed by atoms with van der Waals surface area (Å²) in [6.07, 6.45) is 73.8. The molecule has 0 unspecified atom stereocenters. The Morgan fingerprint density at radius 3 is 1.04 bits per heavy atom. The first-order valence-electron chi connectivity index (χ1n) is 27.4. The zero-order chi connectivity index (χ0) is 48.6. The number of rotatable bonds is 48. The van der Waals surface area contributed by atoms with Crippen LogP contribution in [0.25, 0.3) is 0 Å². The van der Waals surface area contributed by atoms with E-state index in [0.717, 1.165) is 77.0 Å². The van der Waals surface area contributed by atoms with Crippen molar-refractivity contribution in [2.75, 3.05) is 13.2 Å². The van der Waals surface area contributed by atoms with Gasteiger partial charge in [-0.15, -0.1) is 0 Å². The molecule has 0 N–H and O–H groups in total. The topological polar surface area (TPSA) is 78.9 Å². The molecule has 0 saturated carbocycles. The van der Waals surface area contributed by atoms with E-state index in [4.69, 9.17) is 14.2 Å². The molecule has 380 valence electrons. The fraction of sp³-hybridized carbons (Fsp3) is 0.656. The van der Waals surface area contributed by atoms with Gasteiger partial charge >= 0.3 is 17.9 Å². The first-order valence-corrected chi connectivity index (χ1v) is 27.4. The van der Waals surface area contributed by atoms with Crippen molar-refractivity contribution in [1.29, 1.82) is 0 Å². The van der Waals surface area contributed by atoms with Crippen molar-refractivity contribution in [1.82, 2.24) is 0 Å². The van der Waals surface area contributed by atoms with Gasteiger partial charge in [0.15, 0.2) is 6.10 Å². The predicted molar refractivity (Wildman–Crippen MR) is 288 cm³/mol. The van der Waals surface area contributed by atoms with Crippen LogP contribution in [-0.2, 0) is 28.6 Å². The van der Waals surface area contributed by atoms with Gasteiger partial charge in [-0.25, -0.2) is 0 Å². The summed E-state index contributed by atoms with van der Waals surface area (Å²) in [6, 6.07) is 0. The van der Waals surface area contributed by atoms with E-state index >= 15 is 0 Å². The van der Waals surface area contributed by atoms with Gasteiger partial charge in [0.2, 0.25) is 0 Å². The number of ether oxygens (including phenoxy) is 3. The van der Waals surface area contributed by atoms with Gasteiger partial charge in [0.1, 0.15) is 13.2 Å². The van der Waals surface area contributed by atoms with Crippen LogP contribution in [0.2, 0.25) is 0 Å². The van der Waals surface area contributed by atoms with E-state index in [0.29, 0.717) is 19.3 Å². The first-order chi connectivity index (χ1) is 33.0. The van der Waals surface area contributed by atoms with Crippen LogP contribution in [0.4, 0.5) is 0 Å². The minimum Gasteiger partial charge on any atom is -0.462 e. The van der Waals surface area contributed by atoms with Crippen LogP contribution >= 0.6 is 0 Å². The van der Waals surface area contributed by atoms with Gasteiger partial charge in [-0.3, -0.25) is 14.4 Å². The molecule has 0 aliphatic rings. The number of esters is 3. The molecule has 0 aromatic rings. The van der Waals surface area contributed by atoms with E-state index < -0.39 is 6.10 Å². The molecule has 0 heterocycles. The number of carbonyl (C=O) groups excluding carboxylic acids is 3. The lowest BCUT2D eigenvalue weighted by Gasteiger charge is -2.18. The summed E-state index contributed by atoms with van der Waals surface area (Å²) in [5, 5.41) is 0. The van der Waals surface area contributed by atoms with Gasteiger partial charge in [-0.05, 0) is 89.9 Å². The fourth-order valence-electron chi connectivity index (χ4n) is 7.19. The molecule has 0 bridgehead atoms. The van der Waals surface area contributed by atoms with Crippen LogP contribution in [-0.4, -0.2) is 37.2 Å². The highest BCUT2D eigenvalue weighted by molar-refractivity contribution is 5.71. The molecule has 67 heavy (non-hydrogen) atoms. The second kappa shape index (κ2) is 54.7. The van der Waals surface area contributed by atoms with Gasteiger partial charge in [0.25, 0.3) is 0 Å². The normalized spacial score (nSPS) is 12.9. The van der Waals surface area contributed by atoms with E-state index in [-0.39, 0.29) is 44.0 Å². The lowest BCUT2D eigenvalue weighted by atomic mass is 10.0. The monoisotopic (exact) mass is 929 g/mol. The zero-order valence-corrected chi connectivity index (χ0v) is 43.4. The SMILES string of the molecule is CC/C=C\C/C=C\C/C=C\C/C=C\C/C=C\C/C=C\CCC(=O)OC[C@H](COC(=O)CCCCCCCCCCCCCCC)OC(=O)CCC/C=C\C/C=C\C/C=C\CCCCCCCC. The second-order valence-corrected chi connectivity index (χ2v) is 17.8. The quantitative estimate of drug-likeness (QED) is 0.0262. The smallest absolute Gasteiger partial charge is 0.306 e. The zero-order valence-electron chi connectivity index (χ0n) is 43.4. The predicted octanol–water partition coefficient (Wildman–Crippen LogP) is 18.3. The molecule has 0 fully saturated rings. The number of unbranched alkanes of at least 4 members (excludes halogenated alkanes) is 19. The van der Waals surface area contributed by atoms with Crippen molar-refractivity contribution < 1.29 is 28.6 Å². The summed E-state index contributed by atoms with van der Waals surface area (Å²) in [7, 11) is 0. The maximum absolute atomic E-state index is 12.8. The van der Waals surface area contributed by atoms with Crippen LogP contribution < -0.4 is 0 Å². The highest BCUT2D eigenvalue weighted by atomic mass is 16.6. The standard InChI is InChI=1S/C61H100O6/c1-4-7-10-13-16-19-22-25-27-29-30-32-33-36-39-42-45-48-51-54-60(63)66-57-58(56-65-59(62)53-50-47-44-41-38-35-24-21-18-15-12-9-6-3)67-61(64)55-52-49-46-43-40-37-34-31-28-26-23-20-17-14-11-8-5-2/h7,10,16,19,25-28,30,32,34,36-37,39,43,45-46,48,58H,4-6,8-9,11-15,17-18,20-24,29,31,33,35,38,40-42,44,47,49-57H2,1-3H3/b10-7-,19-16-,27-25-,28-26-,32-30-,37-34-,39-36-,46-43-,48-45-/t58-/m0/s1. The molecule has 1 atom stereocenters. The third-order valence-corrected chi connectivity index (χ3v) is 11.3. The summed E-state index contributed by atoms with van der Waals surface area (Å²) in [5.74, 6) is -1.06. The van der Waals surface area contributed by atoms with E-state index in [1.165, 1.54) is 109 Å². The van der Waals surface area contributed by atoms with Crippen molar-refractivity contribution in [2.45, 2.75) is 245 Å².